The summed E-state index contributed by atoms with van der Waals surface area (Å²) in [5.74, 6) is -1.43. The smallest absolute Gasteiger partial charge is 0.302 e. The summed E-state index contributed by atoms with van der Waals surface area (Å²) in [6.07, 6.45) is 0.164. The first-order valence-corrected chi connectivity index (χ1v) is 5.58. The maximum atomic E-state index is 10.6. The standard InChI is InChI=1S/C12H15ClO4/c1-9(14)16-8-7-12(2,15)17-11-6-4-3-5-10(11)13/h3-6,15H,7-8H2,1-2H3. The van der Waals surface area contributed by atoms with Crippen molar-refractivity contribution in [3.05, 3.63) is 29.3 Å². The predicted octanol–water partition coefficient (Wildman–Crippen LogP) is 2.38. The normalized spacial score (nSPS) is 13.9. The highest BCUT2D eigenvalue weighted by molar-refractivity contribution is 6.32. The predicted molar refractivity (Wildman–Crippen MR) is 64.0 cm³/mol. The molecule has 1 aromatic rings. The highest BCUT2D eigenvalue weighted by Gasteiger charge is 2.23. The Kier molecular flexibility index (Phi) is 4.78. The highest BCUT2D eigenvalue weighted by atomic mass is 35.5. The van der Waals surface area contributed by atoms with Gasteiger partial charge in [-0.2, -0.15) is 0 Å². The van der Waals surface area contributed by atoms with Crippen molar-refractivity contribution >= 4 is 17.6 Å². The Morgan fingerprint density at radius 2 is 2.12 bits per heavy atom. The molecule has 1 N–H and O–H groups in total. The molecule has 1 rings (SSSR count). The van der Waals surface area contributed by atoms with Gasteiger partial charge in [-0.15, -0.1) is 0 Å². The van der Waals surface area contributed by atoms with Crippen molar-refractivity contribution in [1.29, 1.82) is 0 Å². The number of hydrogen-bond donors (Lipinski definition) is 1. The average Bonchev–Trinajstić information content (AvgIpc) is 2.20. The van der Waals surface area contributed by atoms with E-state index in [-0.39, 0.29) is 13.0 Å². The monoisotopic (exact) mass is 258 g/mol. The molecule has 0 aromatic heterocycles. The summed E-state index contributed by atoms with van der Waals surface area (Å²) in [7, 11) is 0. The number of halogens is 1. The zero-order valence-corrected chi connectivity index (χ0v) is 10.5. The molecule has 17 heavy (non-hydrogen) atoms. The number of benzene rings is 1. The third-order valence-electron chi connectivity index (χ3n) is 2.04. The van der Waals surface area contributed by atoms with Crippen LogP contribution in [-0.4, -0.2) is 23.5 Å². The van der Waals surface area contributed by atoms with Gasteiger partial charge in [0.05, 0.1) is 11.6 Å². The molecule has 5 heteroatoms. The molecule has 0 amide bonds. The van der Waals surface area contributed by atoms with E-state index >= 15 is 0 Å². The first-order chi connectivity index (χ1) is 7.91. The molecule has 1 atom stereocenters. The van der Waals surface area contributed by atoms with Gasteiger partial charge in [-0.05, 0) is 12.1 Å². The summed E-state index contributed by atoms with van der Waals surface area (Å²) in [6.45, 7) is 2.89. The maximum absolute atomic E-state index is 10.6. The Labute approximate surface area is 105 Å². The van der Waals surface area contributed by atoms with E-state index in [0.717, 1.165) is 0 Å². The summed E-state index contributed by atoms with van der Waals surface area (Å²) in [6, 6.07) is 6.84. The van der Waals surface area contributed by atoms with E-state index < -0.39 is 11.8 Å². The van der Waals surface area contributed by atoms with Crippen molar-refractivity contribution in [2.45, 2.75) is 26.1 Å². The van der Waals surface area contributed by atoms with E-state index in [2.05, 4.69) is 0 Å². The van der Waals surface area contributed by atoms with Crippen LogP contribution >= 0.6 is 11.6 Å². The molecule has 0 saturated carbocycles. The second-order valence-electron chi connectivity index (χ2n) is 3.80. The number of para-hydroxylation sites is 1. The molecule has 94 valence electrons. The molecule has 4 nitrogen and oxygen atoms in total. The third kappa shape index (κ3) is 5.06. The van der Waals surface area contributed by atoms with E-state index in [9.17, 15) is 9.90 Å². The van der Waals surface area contributed by atoms with E-state index in [4.69, 9.17) is 21.1 Å². The van der Waals surface area contributed by atoms with Crippen LogP contribution in [0.3, 0.4) is 0 Å². The Morgan fingerprint density at radius 3 is 2.71 bits per heavy atom. The molecular weight excluding hydrogens is 244 g/mol. The summed E-state index contributed by atoms with van der Waals surface area (Å²) in [5.41, 5.74) is 0. The first-order valence-electron chi connectivity index (χ1n) is 5.20. The molecule has 1 aromatic carbocycles. The lowest BCUT2D eigenvalue weighted by Crippen LogP contribution is -2.33. The van der Waals surface area contributed by atoms with Gasteiger partial charge in [0.25, 0.3) is 0 Å². The lowest BCUT2D eigenvalue weighted by atomic mass is 10.2. The van der Waals surface area contributed by atoms with Crippen LogP contribution in [0.1, 0.15) is 20.3 Å². The van der Waals surface area contributed by atoms with Crippen LogP contribution in [0.25, 0.3) is 0 Å². The largest absolute Gasteiger partial charge is 0.466 e. The van der Waals surface area contributed by atoms with Gasteiger partial charge in [0.15, 0.2) is 0 Å². The van der Waals surface area contributed by atoms with Gasteiger partial charge < -0.3 is 14.6 Å². The number of carbonyl (C=O) groups excluding carboxylic acids is 1. The van der Waals surface area contributed by atoms with Gasteiger partial charge in [0.1, 0.15) is 5.75 Å². The number of esters is 1. The molecule has 0 heterocycles. The topological polar surface area (TPSA) is 55.8 Å². The van der Waals surface area contributed by atoms with Crippen LogP contribution in [0.2, 0.25) is 5.02 Å². The Morgan fingerprint density at radius 1 is 1.47 bits per heavy atom. The molecule has 0 aliphatic carbocycles. The number of aliphatic hydroxyl groups is 1. The zero-order valence-electron chi connectivity index (χ0n) is 9.77. The van der Waals surface area contributed by atoms with Crippen LogP contribution in [0.5, 0.6) is 5.75 Å². The van der Waals surface area contributed by atoms with E-state index in [1.54, 1.807) is 24.3 Å². The van der Waals surface area contributed by atoms with Crippen LogP contribution in [-0.2, 0) is 9.53 Å². The van der Waals surface area contributed by atoms with Crippen molar-refractivity contribution in [3.8, 4) is 5.75 Å². The fourth-order valence-corrected chi connectivity index (χ4v) is 1.37. The quantitative estimate of drug-likeness (QED) is 0.651. The minimum Gasteiger partial charge on any atom is -0.466 e. The number of hydrogen-bond acceptors (Lipinski definition) is 4. The first kappa shape index (κ1) is 13.8. The average molecular weight is 259 g/mol. The van der Waals surface area contributed by atoms with Crippen LogP contribution in [0, 0.1) is 0 Å². The highest BCUT2D eigenvalue weighted by Crippen LogP contribution is 2.27. The molecule has 1 unspecified atom stereocenters. The zero-order chi connectivity index (χ0) is 12.9. The van der Waals surface area contributed by atoms with Gasteiger partial charge >= 0.3 is 5.97 Å². The van der Waals surface area contributed by atoms with Crippen molar-refractivity contribution in [2.24, 2.45) is 0 Å². The number of ether oxygens (including phenoxy) is 2. The molecule has 0 saturated heterocycles. The van der Waals surface area contributed by atoms with Crippen LogP contribution in [0.15, 0.2) is 24.3 Å². The third-order valence-corrected chi connectivity index (χ3v) is 2.35. The Bertz CT molecular complexity index is 390. The van der Waals surface area contributed by atoms with Crippen LogP contribution < -0.4 is 4.74 Å². The van der Waals surface area contributed by atoms with Gasteiger partial charge in [0, 0.05) is 20.3 Å². The van der Waals surface area contributed by atoms with Gasteiger partial charge in [-0.3, -0.25) is 4.79 Å². The maximum Gasteiger partial charge on any atom is 0.302 e. The SMILES string of the molecule is CC(=O)OCCC(C)(O)Oc1ccccc1Cl. The molecule has 0 aliphatic rings. The van der Waals surface area contributed by atoms with Crippen molar-refractivity contribution in [1.82, 2.24) is 0 Å². The Hall–Kier alpha value is -1.26. The van der Waals surface area contributed by atoms with E-state index in [1.165, 1.54) is 13.8 Å². The minimum absolute atomic E-state index is 0.0901. The molecular formula is C12H15ClO4. The minimum atomic E-state index is -1.43. The second-order valence-corrected chi connectivity index (χ2v) is 4.20. The lowest BCUT2D eigenvalue weighted by molar-refractivity contribution is -0.153. The summed E-state index contributed by atoms with van der Waals surface area (Å²) in [5, 5.41) is 10.3. The van der Waals surface area contributed by atoms with Crippen molar-refractivity contribution < 1.29 is 19.4 Å². The van der Waals surface area contributed by atoms with Gasteiger partial charge in [0.2, 0.25) is 5.79 Å². The van der Waals surface area contributed by atoms with Crippen LogP contribution in [0.4, 0.5) is 0 Å². The summed E-state index contributed by atoms with van der Waals surface area (Å²) >= 11 is 5.89. The second kappa shape index (κ2) is 5.89. The van der Waals surface area contributed by atoms with Crippen molar-refractivity contribution in [2.75, 3.05) is 6.61 Å². The van der Waals surface area contributed by atoms with Gasteiger partial charge in [-0.25, -0.2) is 0 Å². The Balaban J connectivity index is 2.54. The van der Waals surface area contributed by atoms with E-state index in [1.807, 2.05) is 0 Å². The number of carbonyl (C=O) groups is 1. The molecule has 0 bridgehead atoms. The molecule has 0 aliphatic heterocycles. The molecule has 0 spiro atoms. The fraction of sp³-hybridized carbons (Fsp3) is 0.417. The van der Waals surface area contributed by atoms with E-state index in [0.29, 0.717) is 10.8 Å². The number of rotatable bonds is 5. The summed E-state index contributed by atoms with van der Waals surface area (Å²) in [4.78, 5) is 10.6. The van der Waals surface area contributed by atoms with Gasteiger partial charge in [-0.1, -0.05) is 23.7 Å². The fourth-order valence-electron chi connectivity index (χ4n) is 1.20. The molecule has 0 fully saturated rings. The molecule has 0 radical (unpaired) electrons. The summed E-state index contributed by atoms with van der Waals surface area (Å²) < 4.78 is 10.1. The van der Waals surface area contributed by atoms with Crippen molar-refractivity contribution in [3.63, 3.8) is 0 Å². The lowest BCUT2D eigenvalue weighted by Gasteiger charge is -2.25.